The molecule has 6 nitrogen and oxygen atoms in total. The molecule has 0 atom stereocenters. The lowest BCUT2D eigenvalue weighted by molar-refractivity contribution is -0.384. The van der Waals surface area contributed by atoms with Crippen LogP contribution in [0.4, 0.5) is 11.4 Å². The molecule has 1 aromatic heterocycles. The molecule has 1 heterocycles. The zero-order valence-electron chi connectivity index (χ0n) is 10.1. The average molecular weight is 238 g/mol. The van der Waals surface area contributed by atoms with Gasteiger partial charge in [-0.05, 0) is 18.9 Å². The number of nitrogens with one attached hydrogen (secondary N) is 1. The molecule has 1 rings (SSSR count). The number of nitrogens with two attached hydrogens (primary N) is 1. The number of aromatic nitrogens is 1. The van der Waals surface area contributed by atoms with Crippen molar-refractivity contribution in [3.05, 3.63) is 28.6 Å². The van der Waals surface area contributed by atoms with E-state index in [9.17, 15) is 10.1 Å². The Hall–Kier alpha value is -1.69. The molecule has 0 aliphatic heterocycles. The van der Waals surface area contributed by atoms with Crippen LogP contribution in [0.15, 0.2) is 18.5 Å². The van der Waals surface area contributed by atoms with Gasteiger partial charge in [0.2, 0.25) is 0 Å². The van der Waals surface area contributed by atoms with Crippen molar-refractivity contribution in [2.24, 2.45) is 5.73 Å². The second-order valence-corrected chi connectivity index (χ2v) is 3.97. The molecule has 3 N–H and O–H groups in total. The number of pyridine rings is 1. The molecule has 17 heavy (non-hydrogen) atoms. The zero-order chi connectivity index (χ0) is 12.9. The van der Waals surface area contributed by atoms with Crippen LogP contribution in [0.25, 0.3) is 0 Å². The van der Waals surface area contributed by atoms with Gasteiger partial charge >= 0.3 is 5.69 Å². The van der Waals surface area contributed by atoms with Crippen molar-refractivity contribution in [3.63, 3.8) is 0 Å². The third-order valence-corrected chi connectivity index (χ3v) is 3.14. The van der Waals surface area contributed by atoms with Crippen LogP contribution >= 0.6 is 0 Å². The molecule has 0 aromatic carbocycles. The Morgan fingerprint density at radius 2 is 2.18 bits per heavy atom. The standard InChI is InChI=1S/C11H18N4O2/c1-3-11(4-2,8-12)14-9-5-6-13-7-10(9)15(16)17/h5-7H,3-4,8,12H2,1-2H3,(H,13,14). The average Bonchev–Trinajstić information content (AvgIpc) is 2.36. The first-order chi connectivity index (χ1) is 8.08. The molecule has 1 aromatic rings. The molecular weight excluding hydrogens is 220 g/mol. The second-order valence-electron chi connectivity index (χ2n) is 3.97. The van der Waals surface area contributed by atoms with Crippen LogP contribution in [0, 0.1) is 10.1 Å². The Morgan fingerprint density at radius 3 is 2.65 bits per heavy atom. The minimum Gasteiger partial charge on any atom is -0.373 e. The summed E-state index contributed by atoms with van der Waals surface area (Å²) in [6.07, 6.45) is 4.38. The van der Waals surface area contributed by atoms with Crippen molar-refractivity contribution in [1.82, 2.24) is 4.98 Å². The van der Waals surface area contributed by atoms with Gasteiger partial charge < -0.3 is 11.1 Å². The van der Waals surface area contributed by atoms with Gasteiger partial charge in [0, 0.05) is 18.3 Å². The summed E-state index contributed by atoms with van der Waals surface area (Å²) in [6.45, 7) is 4.45. The van der Waals surface area contributed by atoms with Crippen molar-refractivity contribution in [1.29, 1.82) is 0 Å². The van der Waals surface area contributed by atoms with Gasteiger partial charge in [-0.3, -0.25) is 15.1 Å². The molecule has 0 fully saturated rings. The predicted octanol–water partition coefficient (Wildman–Crippen LogP) is 1.92. The smallest absolute Gasteiger partial charge is 0.310 e. The number of hydrogen-bond donors (Lipinski definition) is 2. The number of nitro groups is 1. The summed E-state index contributed by atoms with van der Waals surface area (Å²) in [6, 6.07) is 1.61. The monoisotopic (exact) mass is 238 g/mol. The maximum atomic E-state index is 10.9. The lowest BCUT2D eigenvalue weighted by Crippen LogP contribution is -2.44. The fourth-order valence-electron chi connectivity index (χ4n) is 1.69. The van der Waals surface area contributed by atoms with E-state index in [1.165, 1.54) is 12.4 Å². The van der Waals surface area contributed by atoms with Crippen LogP contribution in [0.2, 0.25) is 0 Å². The minimum atomic E-state index is -0.443. The normalized spacial score (nSPS) is 11.2. The van der Waals surface area contributed by atoms with Gasteiger partial charge in [-0.1, -0.05) is 13.8 Å². The first-order valence-electron chi connectivity index (χ1n) is 5.65. The van der Waals surface area contributed by atoms with Gasteiger partial charge in [0.05, 0.1) is 4.92 Å². The largest absolute Gasteiger partial charge is 0.373 e. The van der Waals surface area contributed by atoms with E-state index >= 15 is 0 Å². The first kappa shape index (κ1) is 13.4. The first-order valence-corrected chi connectivity index (χ1v) is 5.65. The van der Waals surface area contributed by atoms with E-state index in [2.05, 4.69) is 10.3 Å². The molecule has 0 unspecified atom stereocenters. The molecular formula is C11H18N4O2. The van der Waals surface area contributed by atoms with Gasteiger partial charge in [0.25, 0.3) is 0 Å². The Kier molecular flexibility index (Phi) is 4.39. The highest BCUT2D eigenvalue weighted by atomic mass is 16.6. The van der Waals surface area contributed by atoms with Gasteiger partial charge in [0.1, 0.15) is 11.9 Å². The van der Waals surface area contributed by atoms with Crippen molar-refractivity contribution in [2.45, 2.75) is 32.2 Å². The van der Waals surface area contributed by atoms with Gasteiger partial charge in [0.15, 0.2) is 0 Å². The minimum absolute atomic E-state index is 0.0211. The van der Waals surface area contributed by atoms with Crippen LogP contribution in [-0.2, 0) is 0 Å². The Bertz CT molecular complexity index is 383. The van der Waals surface area contributed by atoms with Crippen LogP contribution in [0.1, 0.15) is 26.7 Å². The molecule has 94 valence electrons. The zero-order valence-corrected chi connectivity index (χ0v) is 10.1. The number of anilines is 1. The maximum Gasteiger partial charge on any atom is 0.310 e. The lowest BCUT2D eigenvalue weighted by Gasteiger charge is -2.32. The van der Waals surface area contributed by atoms with Gasteiger partial charge in [-0.2, -0.15) is 0 Å². The van der Waals surface area contributed by atoms with E-state index < -0.39 is 4.92 Å². The summed E-state index contributed by atoms with van der Waals surface area (Å²) in [5.41, 5.74) is 5.91. The third-order valence-electron chi connectivity index (χ3n) is 3.14. The van der Waals surface area contributed by atoms with E-state index in [-0.39, 0.29) is 11.2 Å². The predicted molar refractivity (Wildman–Crippen MR) is 66.9 cm³/mol. The highest BCUT2D eigenvalue weighted by Gasteiger charge is 2.27. The fraction of sp³-hybridized carbons (Fsp3) is 0.545. The van der Waals surface area contributed by atoms with E-state index in [1.54, 1.807) is 6.07 Å². The molecule has 0 aliphatic carbocycles. The molecule has 0 spiro atoms. The van der Waals surface area contributed by atoms with E-state index in [4.69, 9.17) is 5.73 Å². The summed E-state index contributed by atoms with van der Waals surface area (Å²) in [5.74, 6) is 0. The summed E-state index contributed by atoms with van der Waals surface area (Å²) in [5, 5.41) is 14.1. The molecule has 0 saturated carbocycles. The van der Waals surface area contributed by atoms with Gasteiger partial charge in [-0.25, -0.2) is 0 Å². The lowest BCUT2D eigenvalue weighted by atomic mass is 9.92. The fourth-order valence-corrected chi connectivity index (χ4v) is 1.69. The summed E-state index contributed by atoms with van der Waals surface area (Å²) in [4.78, 5) is 14.2. The molecule has 6 heteroatoms. The summed E-state index contributed by atoms with van der Waals surface area (Å²) in [7, 11) is 0. The van der Waals surface area contributed by atoms with Crippen molar-refractivity contribution in [3.8, 4) is 0 Å². The van der Waals surface area contributed by atoms with E-state index in [0.29, 0.717) is 12.2 Å². The van der Waals surface area contributed by atoms with E-state index in [1.807, 2.05) is 13.8 Å². The van der Waals surface area contributed by atoms with Crippen molar-refractivity contribution < 1.29 is 4.92 Å². The SMILES string of the molecule is CCC(CC)(CN)Nc1ccncc1[N+](=O)[O-]. The number of hydrogen-bond acceptors (Lipinski definition) is 5. The quantitative estimate of drug-likeness (QED) is 0.583. The number of nitrogens with zero attached hydrogens (tertiary/aromatic N) is 2. The highest BCUT2D eigenvalue weighted by molar-refractivity contribution is 5.61. The molecule has 0 aliphatic rings. The Morgan fingerprint density at radius 1 is 1.53 bits per heavy atom. The third kappa shape index (κ3) is 2.91. The number of rotatable bonds is 6. The second kappa shape index (κ2) is 5.58. The van der Waals surface area contributed by atoms with Crippen LogP contribution in [0.5, 0.6) is 0 Å². The van der Waals surface area contributed by atoms with Crippen molar-refractivity contribution >= 4 is 11.4 Å². The van der Waals surface area contributed by atoms with Crippen LogP contribution < -0.4 is 11.1 Å². The molecule has 0 amide bonds. The van der Waals surface area contributed by atoms with Crippen LogP contribution in [0.3, 0.4) is 0 Å². The molecule has 0 bridgehead atoms. The van der Waals surface area contributed by atoms with E-state index in [0.717, 1.165) is 12.8 Å². The van der Waals surface area contributed by atoms with Crippen molar-refractivity contribution in [2.75, 3.05) is 11.9 Å². The summed E-state index contributed by atoms with van der Waals surface area (Å²) < 4.78 is 0. The Balaban J connectivity index is 3.05. The van der Waals surface area contributed by atoms with Crippen LogP contribution in [-0.4, -0.2) is 22.0 Å². The molecule has 0 radical (unpaired) electrons. The topological polar surface area (TPSA) is 94.1 Å². The molecule has 0 saturated heterocycles. The van der Waals surface area contributed by atoms with Gasteiger partial charge in [-0.15, -0.1) is 0 Å². The maximum absolute atomic E-state index is 10.9. The Labute approximate surface area is 100 Å². The highest BCUT2D eigenvalue weighted by Crippen LogP contribution is 2.28. The summed E-state index contributed by atoms with van der Waals surface area (Å²) >= 11 is 0.